The van der Waals surface area contributed by atoms with Gasteiger partial charge in [-0.15, -0.1) is 5.57 Å². The third-order valence-corrected chi connectivity index (χ3v) is 1.60. The average Bonchev–Trinajstić information content (AvgIpc) is 2.07. The van der Waals surface area contributed by atoms with Gasteiger partial charge in [-0.2, -0.15) is 19.8 Å². The van der Waals surface area contributed by atoms with Gasteiger partial charge in [0.2, 0.25) is 0 Å². The van der Waals surface area contributed by atoms with E-state index in [0.29, 0.717) is 5.57 Å². The third-order valence-electron chi connectivity index (χ3n) is 1.60. The van der Waals surface area contributed by atoms with Crippen LogP contribution in [0.4, 0.5) is 0 Å². The van der Waals surface area contributed by atoms with Crippen molar-refractivity contribution in [3.05, 3.63) is 61.2 Å². The van der Waals surface area contributed by atoms with Crippen molar-refractivity contribution in [2.45, 2.75) is 0 Å². The summed E-state index contributed by atoms with van der Waals surface area (Å²) in [5.41, 5.74) is 1.61. The van der Waals surface area contributed by atoms with Crippen molar-refractivity contribution in [3.8, 4) is 0 Å². The van der Waals surface area contributed by atoms with E-state index in [1.54, 1.807) is 6.08 Å². The minimum absolute atomic E-state index is 0. The van der Waals surface area contributed by atoms with Crippen molar-refractivity contribution in [2.75, 3.05) is 0 Å². The third kappa shape index (κ3) is 6.14. The number of aliphatic hydroxyl groups is 1. The molecule has 88 valence electrons. The maximum absolute atomic E-state index is 9.16. The molecular formula is C11H17OP2Pd-. The van der Waals surface area contributed by atoms with Crippen molar-refractivity contribution in [1.82, 2.24) is 0 Å². The first-order valence-corrected chi connectivity index (χ1v) is 3.68. The zero-order chi connectivity index (χ0) is 8.97. The number of hydrogen-bond acceptors (Lipinski definition) is 1. The minimum Gasteiger partial charge on any atom is -0.527 e. The summed E-state index contributed by atoms with van der Waals surface area (Å²) in [5.74, 6) is 0.0520. The minimum atomic E-state index is 0. The first-order valence-electron chi connectivity index (χ1n) is 3.68. The van der Waals surface area contributed by atoms with Gasteiger partial charge in [0.1, 0.15) is 0 Å². The molecule has 0 aliphatic rings. The molecule has 2 atom stereocenters. The summed E-state index contributed by atoms with van der Waals surface area (Å²) in [7, 11) is 0. The predicted molar refractivity (Wildman–Crippen MR) is 73.8 cm³/mol. The summed E-state index contributed by atoms with van der Waals surface area (Å²) < 4.78 is 0. The van der Waals surface area contributed by atoms with Gasteiger partial charge in [-0.1, -0.05) is 42.5 Å². The number of hydrogen-bond donors (Lipinski definition) is 1. The number of aliphatic hydroxyl groups excluding tert-OH is 1. The van der Waals surface area contributed by atoms with Gasteiger partial charge in [-0.3, -0.25) is 0 Å². The van der Waals surface area contributed by atoms with Crippen LogP contribution in [0.15, 0.2) is 48.7 Å². The molecule has 0 saturated carbocycles. The van der Waals surface area contributed by atoms with Crippen LogP contribution in [0.25, 0.3) is 5.57 Å². The van der Waals surface area contributed by atoms with E-state index in [2.05, 4.69) is 13.5 Å². The van der Waals surface area contributed by atoms with Crippen molar-refractivity contribution >= 4 is 25.4 Å². The largest absolute Gasteiger partial charge is 0.527 e. The predicted octanol–water partition coefficient (Wildman–Crippen LogP) is 3.09. The molecule has 2 unspecified atom stereocenters. The van der Waals surface area contributed by atoms with Gasteiger partial charge in [0, 0.05) is 26.2 Å². The average molecular weight is 334 g/mol. The Balaban J connectivity index is -0.000000480. The van der Waals surface area contributed by atoms with Gasteiger partial charge in [0.15, 0.2) is 0 Å². The van der Waals surface area contributed by atoms with E-state index in [1.807, 2.05) is 30.3 Å². The van der Waals surface area contributed by atoms with Crippen LogP contribution in [0.1, 0.15) is 5.56 Å². The summed E-state index contributed by atoms with van der Waals surface area (Å²) in [5, 5.41) is 9.16. The second kappa shape index (κ2) is 10.4. The standard InChI is InChI=1S/C11H11O.2H3P.Pd/c1-3-11(9(2)12)10-7-5-4-6-8-10;;;/h3-8,12H,1-2H2;2*1H3;/q-1;;;/b11-3+;;;. The monoisotopic (exact) mass is 333 g/mol. The molecule has 4 heteroatoms. The van der Waals surface area contributed by atoms with Crippen LogP contribution in [-0.2, 0) is 20.4 Å². The van der Waals surface area contributed by atoms with Gasteiger partial charge in [-0.25, -0.2) is 13.0 Å². The Morgan fingerprint density at radius 2 is 1.67 bits per heavy atom. The molecule has 1 nitrogen and oxygen atoms in total. The van der Waals surface area contributed by atoms with Crippen LogP contribution >= 0.6 is 19.8 Å². The fraction of sp³-hybridized carbons (Fsp3) is 0. The van der Waals surface area contributed by atoms with E-state index in [9.17, 15) is 0 Å². The van der Waals surface area contributed by atoms with E-state index in [1.165, 1.54) is 0 Å². The van der Waals surface area contributed by atoms with Crippen molar-refractivity contribution in [3.63, 3.8) is 0 Å². The second-order valence-corrected chi connectivity index (χ2v) is 2.43. The number of allylic oxidation sites excluding steroid dienone is 2. The number of rotatable bonds is 2. The van der Waals surface area contributed by atoms with Crippen LogP contribution in [0, 0.1) is 6.92 Å². The van der Waals surface area contributed by atoms with Gasteiger partial charge in [-0.05, 0) is 0 Å². The fourth-order valence-electron chi connectivity index (χ4n) is 1.02. The Bertz CT molecular complexity index is 310. The molecule has 0 spiro atoms. The summed E-state index contributed by atoms with van der Waals surface area (Å²) in [6, 6.07) is 9.53. The second-order valence-electron chi connectivity index (χ2n) is 2.43. The molecule has 0 radical (unpaired) electrons. The first kappa shape index (κ1) is 20.3. The Kier molecular flexibility index (Phi) is 14.1. The van der Waals surface area contributed by atoms with Gasteiger partial charge in [0.05, 0.1) is 0 Å². The molecule has 0 aliphatic heterocycles. The number of benzene rings is 1. The molecule has 0 bridgehead atoms. The summed E-state index contributed by atoms with van der Waals surface area (Å²) in [6.07, 6.45) is 1.59. The van der Waals surface area contributed by atoms with Gasteiger partial charge < -0.3 is 5.11 Å². The van der Waals surface area contributed by atoms with E-state index in [0.717, 1.165) is 5.56 Å². The Morgan fingerprint density at radius 1 is 1.20 bits per heavy atom. The van der Waals surface area contributed by atoms with Crippen LogP contribution in [0.3, 0.4) is 0 Å². The molecule has 0 amide bonds. The van der Waals surface area contributed by atoms with Gasteiger partial charge in [0.25, 0.3) is 0 Å². The maximum Gasteiger partial charge on any atom is 0.0358 e. The molecule has 1 aromatic rings. The molecule has 0 fully saturated rings. The van der Waals surface area contributed by atoms with Crippen molar-refractivity contribution < 1.29 is 25.5 Å². The molecule has 1 rings (SSSR count). The normalized spacial score (nSPS) is 8.93. The Labute approximate surface area is 112 Å². The molecule has 0 aromatic heterocycles. The zero-order valence-corrected chi connectivity index (χ0v) is 12.9. The van der Waals surface area contributed by atoms with Crippen LogP contribution < -0.4 is 0 Å². The molecule has 0 saturated heterocycles. The Hall–Kier alpha value is -0.108. The van der Waals surface area contributed by atoms with E-state index in [-0.39, 0.29) is 46.0 Å². The Morgan fingerprint density at radius 3 is 2.00 bits per heavy atom. The van der Waals surface area contributed by atoms with Crippen LogP contribution in [-0.4, -0.2) is 5.11 Å². The maximum atomic E-state index is 9.16. The fourth-order valence-corrected chi connectivity index (χ4v) is 1.02. The smallest absolute Gasteiger partial charge is 0.0358 e. The summed E-state index contributed by atoms with van der Waals surface area (Å²) in [6.45, 7) is 7.05. The quantitative estimate of drug-likeness (QED) is 0.290. The van der Waals surface area contributed by atoms with Crippen LogP contribution in [0.2, 0.25) is 0 Å². The molecule has 0 aliphatic carbocycles. The first-order chi connectivity index (χ1) is 5.75. The van der Waals surface area contributed by atoms with Crippen molar-refractivity contribution in [1.29, 1.82) is 0 Å². The molecule has 15 heavy (non-hydrogen) atoms. The molecular weight excluding hydrogens is 316 g/mol. The molecule has 0 heterocycles. The topological polar surface area (TPSA) is 20.2 Å². The van der Waals surface area contributed by atoms with E-state index < -0.39 is 0 Å². The zero-order valence-electron chi connectivity index (χ0n) is 8.56. The van der Waals surface area contributed by atoms with Crippen LogP contribution in [0.5, 0.6) is 0 Å². The summed E-state index contributed by atoms with van der Waals surface area (Å²) >= 11 is 0. The van der Waals surface area contributed by atoms with Crippen molar-refractivity contribution in [2.24, 2.45) is 0 Å². The molecule has 1 N–H and O–H groups in total. The summed E-state index contributed by atoms with van der Waals surface area (Å²) in [4.78, 5) is 0. The molecule has 1 aromatic carbocycles. The van der Waals surface area contributed by atoms with E-state index >= 15 is 0 Å². The van der Waals surface area contributed by atoms with E-state index in [4.69, 9.17) is 5.11 Å². The van der Waals surface area contributed by atoms with Gasteiger partial charge >= 0.3 is 0 Å². The SMILES string of the molecule is C=C(O)/C(=C\[CH2-])c1ccccc1.P.P.[Pd].